The first kappa shape index (κ1) is 16.0. The second kappa shape index (κ2) is 9.22. The summed E-state index contributed by atoms with van der Waals surface area (Å²) in [6, 6.07) is 32.3. The van der Waals surface area contributed by atoms with Crippen molar-refractivity contribution >= 4 is 43.1 Å². The minimum atomic E-state index is -0.413. The van der Waals surface area contributed by atoms with Crippen LogP contribution in [0.25, 0.3) is 76.5 Å². The molecule has 0 bridgehead atoms. The Morgan fingerprint density at radius 2 is 0.875 bits per heavy atom. The van der Waals surface area contributed by atoms with E-state index in [2.05, 4.69) is 0 Å². The van der Waals surface area contributed by atoms with Gasteiger partial charge in [0.2, 0.25) is 0 Å². The first-order valence-corrected chi connectivity index (χ1v) is 13.2. The van der Waals surface area contributed by atoms with Crippen LogP contribution in [0.1, 0.15) is 11.0 Å². The van der Waals surface area contributed by atoms with Crippen molar-refractivity contribution < 1.29 is 11.0 Å². The Morgan fingerprint density at radius 3 is 1.55 bits per heavy atom. The lowest BCUT2D eigenvalue weighted by Crippen LogP contribution is -1.92. The summed E-state index contributed by atoms with van der Waals surface area (Å²) in [7, 11) is 0. The third-order valence-corrected chi connectivity index (χ3v) is 7.69. The van der Waals surface area contributed by atoms with Gasteiger partial charge in [-0.1, -0.05) is 151 Å². The van der Waals surface area contributed by atoms with Gasteiger partial charge >= 0.3 is 0 Å². The molecule has 0 nitrogen and oxygen atoms in total. The minimum absolute atomic E-state index is 0.208. The van der Waals surface area contributed by atoms with E-state index in [1.165, 1.54) is 0 Å². The Balaban J connectivity index is 1.65. The third kappa shape index (κ3) is 3.54. The number of hydrogen-bond acceptors (Lipinski definition) is 0. The summed E-state index contributed by atoms with van der Waals surface area (Å²) in [5, 5.41) is 4.39. The van der Waals surface area contributed by atoms with Gasteiger partial charge < -0.3 is 0 Å². The topological polar surface area (TPSA) is 0 Å². The Labute approximate surface area is 245 Å². The smallest absolute Gasteiger partial charge is 0.0622 e. The van der Waals surface area contributed by atoms with Gasteiger partial charge in [-0.25, -0.2) is 0 Å². The van der Waals surface area contributed by atoms with E-state index in [1.54, 1.807) is 0 Å². The Hall–Kier alpha value is -5.20. The van der Waals surface area contributed by atoms with Gasteiger partial charge in [-0.05, 0) is 82.5 Å². The molecule has 186 valence electrons. The molecule has 0 N–H and O–H groups in total. The first-order chi connectivity index (χ1) is 23.2. The minimum Gasteiger partial charge on any atom is -0.0622 e. The molecule has 0 fully saturated rings. The lowest BCUT2D eigenvalue weighted by atomic mass is 9.83. The van der Waals surface area contributed by atoms with Crippen LogP contribution in [0.5, 0.6) is 0 Å². The van der Waals surface area contributed by atoms with Crippen molar-refractivity contribution in [2.24, 2.45) is 0 Å². The number of hydrogen-bond donors (Lipinski definition) is 0. The average Bonchev–Trinajstić information content (AvgIpc) is 3.13. The van der Waals surface area contributed by atoms with E-state index in [0.29, 0.717) is 22.3 Å². The second-order valence-corrected chi connectivity index (χ2v) is 9.88. The maximum Gasteiger partial charge on any atom is 0.0629 e. The molecule has 8 rings (SSSR count). The highest BCUT2D eigenvalue weighted by Gasteiger charge is 2.18. The van der Waals surface area contributed by atoms with Gasteiger partial charge in [-0.2, -0.15) is 0 Å². The second-order valence-electron chi connectivity index (χ2n) is 9.88. The normalized spacial score (nSPS) is 14.3. The first-order valence-electron chi connectivity index (χ1n) is 17.2. The third-order valence-electron chi connectivity index (χ3n) is 7.69. The summed E-state index contributed by atoms with van der Waals surface area (Å²) in [5.41, 5.74) is 3.87. The highest BCUT2D eigenvalue weighted by Crippen LogP contribution is 2.46. The lowest BCUT2D eigenvalue weighted by Gasteiger charge is -2.20. The van der Waals surface area contributed by atoms with E-state index in [4.69, 9.17) is 5.48 Å². The van der Waals surface area contributed by atoms with Crippen molar-refractivity contribution in [3.63, 3.8) is 0 Å². The van der Waals surface area contributed by atoms with E-state index >= 15 is 0 Å². The Kier molecular flexibility index (Phi) is 3.70. The van der Waals surface area contributed by atoms with Gasteiger partial charge in [0.1, 0.15) is 0 Å². The predicted octanol–water partition coefficient (Wildman–Crippen LogP) is 11.3. The molecule has 0 heteroatoms. The van der Waals surface area contributed by atoms with Crippen molar-refractivity contribution in [2.45, 2.75) is 0 Å². The number of fused-ring (bicyclic) bond motifs is 4. The van der Waals surface area contributed by atoms with Crippen LogP contribution < -0.4 is 0 Å². The Bertz CT molecular complexity index is 2560. The van der Waals surface area contributed by atoms with Crippen LogP contribution in [0.3, 0.4) is 0 Å². The van der Waals surface area contributed by atoms with Crippen LogP contribution in [0.4, 0.5) is 0 Å². The molecular formula is C40H26. The van der Waals surface area contributed by atoms with Crippen LogP contribution >= 0.6 is 0 Å². The van der Waals surface area contributed by atoms with Gasteiger partial charge in [0.15, 0.2) is 0 Å². The largest absolute Gasteiger partial charge is 0.0629 e. The zero-order valence-electron chi connectivity index (χ0n) is 29.4. The maximum absolute atomic E-state index is 9.30. The van der Waals surface area contributed by atoms with Crippen LogP contribution in [0, 0.1) is 0 Å². The monoisotopic (exact) mass is 514 g/mol. The molecule has 0 saturated heterocycles. The fourth-order valence-electron chi connectivity index (χ4n) is 5.91. The molecule has 0 unspecified atom stereocenters. The standard InChI is InChI=1S/C40H26/c1-2-13-28(14-3-1)31-24-25-38(33-17-7-6-16-32(31)33)40-36-20-10-8-18-34(36)39(35-19-9-11-21-37(35)40)30-23-22-27-12-4-5-15-29(27)26-30/h1-26H/i8D,9D,10D,11D,18D,19D,20D,21D. The zero-order valence-corrected chi connectivity index (χ0v) is 21.4. The molecule has 0 saturated carbocycles. The Morgan fingerprint density at radius 1 is 0.350 bits per heavy atom. The van der Waals surface area contributed by atoms with E-state index in [9.17, 15) is 5.48 Å². The molecule has 0 amide bonds. The fraction of sp³-hybridized carbons (Fsp3) is 0. The molecule has 0 aliphatic rings. The van der Waals surface area contributed by atoms with E-state index in [-0.39, 0.29) is 45.7 Å². The average molecular weight is 515 g/mol. The van der Waals surface area contributed by atoms with Gasteiger partial charge in [-0.15, -0.1) is 0 Å². The molecule has 40 heavy (non-hydrogen) atoms. The maximum atomic E-state index is 9.30. The van der Waals surface area contributed by atoms with Crippen molar-refractivity contribution in [2.75, 3.05) is 0 Å². The molecule has 0 aromatic heterocycles. The van der Waals surface area contributed by atoms with Crippen molar-refractivity contribution in [3.05, 3.63) is 158 Å². The molecule has 0 radical (unpaired) electrons. The summed E-state index contributed by atoms with van der Waals surface area (Å²) in [6.45, 7) is 0. The van der Waals surface area contributed by atoms with Gasteiger partial charge in [0.05, 0.1) is 11.0 Å². The van der Waals surface area contributed by atoms with E-state index < -0.39 is 24.2 Å². The summed E-state index contributed by atoms with van der Waals surface area (Å²) in [5.74, 6) is 0. The SMILES string of the molecule is [2H]c1c([2H])c([2H])c2c(-c3ccc(-c4ccccc4)c4ccccc34)c3c([2H])c([2H])c([2H])c([2H])c3c(-c3ccc4ccccc4c3)c2c1[2H]. The summed E-state index contributed by atoms with van der Waals surface area (Å²) < 4.78 is 72.1. The van der Waals surface area contributed by atoms with Crippen LogP contribution in [0.2, 0.25) is 0 Å². The van der Waals surface area contributed by atoms with Crippen LogP contribution in [-0.4, -0.2) is 0 Å². The highest BCUT2D eigenvalue weighted by molar-refractivity contribution is 6.24. The number of rotatable bonds is 3. The summed E-state index contributed by atoms with van der Waals surface area (Å²) >= 11 is 0. The molecule has 8 aromatic rings. The molecule has 0 aliphatic heterocycles. The van der Waals surface area contributed by atoms with E-state index in [1.807, 2.05) is 109 Å². The van der Waals surface area contributed by atoms with E-state index in [0.717, 1.165) is 32.7 Å². The summed E-state index contributed by atoms with van der Waals surface area (Å²) in [4.78, 5) is 0. The summed E-state index contributed by atoms with van der Waals surface area (Å²) in [6.07, 6.45) is 0. The van der Waals surface area contributed by atoms with Crippen molar-refractivity contribution in [3.8, 4) is 33.4 Å². The molecule has 0 atom stereocenters. The quantitative estimate of drug-likeness (QED) is 0.206. The van der Waals surface area contributed by atoms with Crippen molar-refractivity contribution in [1.29, 1.82) is 0 Å². The fourth-order valence-corrected chi connectivity index (χ4v) is 5.91. The zero-order chi connectivity index (χ0) is 33.4. The van der Waals surface area contributed by atoms with Crippen LogP contribution in [-0.2, 0) is 0 Å². The molecule has 0 spiro atoms. The van der Waals surface area contributed by atoms with Crippen LogP contribution in [0.15, 0.2) is 158 Å². The number of benzene rings is 8. The van der Waals surface area contributed by atoms with Gasteiger partial charge in [0, 0.05) is 0 Å². The predicted molar refractivity (Wildman–Crippen MR) is 173 cm³/mol. The lowest BCUT2D eigenvalue weighted by molar-refractivity contribution is 1.64. The molecular weight excluding hydrogens is 480 g/mol. The highest BCUT2D eigenvalue weighted by atomic mass is 14.2. The van der Waals surface area contributed by atoms with Gasteiger partial charge in [-0.3, -0.25) is 0 Å². The van der Waals surface area contributed by atoms with Gasteiger partial charge in [0.25, 0.3) is 0 Å². The van der Waals surface area contributed by atoms with Crippen molar-refractivity contribution in [1.82, 2.24) is 0 Å². The molecule has 8 aromatic carbocycles. The molecule has 0 heterocycles. The molecule has 0 aliphatic carbocycles.